The van der Waals surface area contributed by atoms with Gasteiger partial charge in [-0.15, -0.1) is 0 Å². The second kappa shape index (κ2) is 10.1. The number of aliphatic hydroxyl groups is 1. The Morgan fingerprint density at radius 2 is 1.86 bits per heavy atom. The summed E-state index contributed by atoms with van der Waals surface area (Å²) in [6, 6.07) is 25.2. The van der Waals surface area contributed by atoms with E-state index in [9.17, 15) is 5.11 Å². The number of rotatable bonds is 7. The summed E-state index contributed by atoms with van der Waals surface area (Å²) in [4.78, 5) is 6.18. The van der Waals surface area contributed by atoms with Crippen LogP contribution in [0, 0.1) is 12.8 Å². The number of fused-ring (bicyclic) bond motifs is 2. The van der Waals surface area contributed by atoms with Crippen LogP contribution in [0.25, 0.3) is 0 Å². The molecule has 6 rings (SSSR count). The molecule has 0 aromatic heterocycles. The van der Waals surface area contributed by atoms with Gasteiger partial charge < -0.3 is 20.5 Å². The first kappa shape index (κ1) is 24.5. The topological polar surface area (TPSA) is 89.9 Å². The number of nitrogens with one attached hydrogen (secondary N) is 4. The molecule has 3 heterocycles. The van der Waals surface area contributed by atoms with Gasteiger partial charge in [0, 0.05) is 41.7 Å². The van der Waals surface area contributed by atoms with Gasteiger partial charge >= 0.3 is 0 Å². The Labute approximate surface area is 222 Å². The van der Waals surface area contributed by atoms with Gasteiger partial charge in [-0.3, -0.25) is 10.0 Å². The van der Waals surface area contributed by atoms with Crippen LogP contribution in [-0.2, 0) is 23.4 Å². The van der Waals surface area contributed by atoms with Crippen LogP contribution in [0.4, 0.5) is 5.69 Å². The molecule has 1 saturated heterocycles. The van der Waals surface area contributed by atoms with E-state index in [4.69, 9.17) is 9.73 Å². The maximum Gasteiger partial charge on any atom is 0.288 e. The van der Waals surface area contributed by atoms with Crippen LogP contribution in [0.2, 0.25) is 0 Å². The molecule has 3 aliphatic rings. The van der Waals surface area contributed by atoms with Gasteiger partial charge in [0.2, 0.25) is 0 Å². The minimum absolute atomic E-state index is 0.0561. The Kier molecular flexibility index (Phi) is 6.69. The summed E-state index contributed by atoms with van der Waals surface area (Å²) in [5.41, 5.74) is 4.58. The average molecular weight is 516 g/mol. The van der Waals surface area contributed by atoms with E-state index in [0.717, 1.165) is 36.3 Å². The highest BCUT2D eigenvalue weighted by Gasteiger charge is 2.48. The predicted molar refractivity (Wildman–Crippen MR) is 149 cm³/mol. The van der Waals surface area contributed by atoms with Crippen LogP contribution in [0.1, 0.15) is 22.3 Å². The van der Waals surface area contributed by atoms with Crippen LogP contribution in [0.15, 0.2) is 82.7 Å². The summed E-state index contributed by atoms with van der Waals surface area (Å²) in [6.07, 6.45) is 0.828. The highest BCUT2D eigenvalue weighted by atomic mass is 32.2. The number of aliphatic imine (C=N–C) groups is 1. The largest absolute Gasteiger partial charge is 0.481 e. The minimum Gasteiger partial charge on any atom is -0.481 e. The number of amidine groups is 1. The molecule has 3 aliphatic heterocycles. The predicted octanol–water partition coefficient (Wildman–Crippen LogP) is 4.10. The van der Waals surface area contributed by atoms with Gasteiger partial charge in [0.25, 0.3) is 6.02 Å². The van der Waals surface area contributed by atoms with Crippen LogP contribution >= 0.6 is 11.9 Å². The zero-order valence-electron chi connectivity index (χ0n) is 21.0. The molecule has 7 nitrogen and oxygen atoms in total. The first-order valence-corrected chi connectivity index (χ1v) is 13.6. The zero-order chi connectivity index (χ0) is 25.3. The molecule has 5 N–H and O–H groups in total. The standard InChI is InChI=1S/C29H33N5O2S/c1-20-11-12-25-24(13-20)29(34-27(35)33-25,23-14-22-9-5-6-10-26(22)37-32-16-23)31-17-28(18-36-19-28)30-15-21-7-3-2-4-8-21/h2-13,23,30-32H,14-19H2,1H3,(H2,33,34,35). The summed E-state index contributed by atoms with van der Waals surface area (Å²) < 4.78 is 9.28. The number of aliphatic hydroxyl groups excluding tert-OH is 1. The van der Waals surface area contributed by atoms with Gasteiger partial charge in [-0.1, -0.05) is 66.2 Å². The number of anilines is 1. The molecule has 2 atom stereocenters. The molecule has 2 unspecified atom stereocenters. The molecular formula is C29H33N5O2S. The Morgan fingerprint density at radius 1 is 1.05 bits per heavy atom. The van der Waals surface area contributed by atoms with Crippen molar-refractivity contribution in [1.82, 2.24) is 15.4 Å². The fraction of sp³-hybridized carbons (Fsp3) is 0.345. The maximum absolute atomic E-state index is 10.8. The van der Waals surface area contributed by atoms with Crippen molar-refractivity contribution in [1.29, 1.82) is 0 Å². The van der Waals surface area contributed by atoms with Crippen molar-refractivity contribution in [3.63, 3.8) is 0 Å². The molecule has 1 fully saturated rings. The van der Waals surface area contributed by atoms with Crippen molar-refractivity contribution in [2.24, 2.45) is 10.9 Å². The Morgan fingerprint density at radius 3 is 2.68 bits per heavy atom. The van der Waals surface area contributed by atoms with Crippen LogP contribution in [0.3, 0.4) is 0 Å². The van der Waals surface area contributed by atoms with Crippen molar-refractivity contribution in [3.05, 3.63) is 95.1 Å². The average Bonchev–Trinajstić information content (AvgIpc) is 3.12. The van der Waals surface area contributed by atoms with Crippen molar-refractivity contribution < 1.29 is 9.84 Å². The van der Waals surface area contributed by atoms with Gasteiger partial charge in [-0.25, -0.2) is 4.99 Å². The Balaban J connectivity index is 1.35. The molecule has 3 aromatic rings. The quantitative estimate of drug-likeness (QED) is 0.303. The number of benzene rings is 3. The van der Waals surface area contributed by atoms with Crippen molar-refractivity contribution in [2.75, 3.05) is 31.6 Å². The number of hydrogen-bond donors (Lipinski definition) is 5. The van der Waals surface area contributed by atoms with Gasteiger partial charge in [-0.2, -0.15) is 0 Å². The fourth-order valence-electron chi connectivity index (χ4n) is 5.48. The number of nitrogens with zero attached hydrogens (tertiary/aromatic N) is 1. The summed E-state index contributed by atoms with van der Waals surface area (Å²) >= 11 is 1.67. The summed E-state index contributed by atoms with van der Waals surface area (Å²) in [6.45, 7) is 5.49. The van der Waals surface area contributed by atoms with Gasteiger partial charge in [0.1, 0.15) is 5.66 Å². The molecule has 0 amide bonds. The second-order valence-electron chi connectivity index (χ2n) is 10.3. The van der Waals surface area contributed by atoms with E-state index in [-0.39, 0.29) is 17.5 Å². The molecule has 0 spiro atoms. The molecular weight excluding hydrogens is 482 g/mol. The Hall–Kier alpha value is -2.88. The summed E-state index contributed by atoms with van der Waals surface area (Å²) in [7, 11) is 0. The summed E-state index contributed by atoms with van der Waals surface area (Å²) in [5, 5.41) is 21.6. The van der Waals surface area contributed by atoms with E-state index < -0.39 is 5.66 Å². The van der Waals surface area contributed by atoms with Crippen molar-refractivity contribution in [2.45, 2.75) is 36.0 Å². The molecule has 0 radical (unpaired) electrons. The van der Waals surface area contributed by atoms with Crippen molar-refractivity contribution >= 4 is 23.7 Å². The summed E-state index contributed by atoms with van der Waals surface area (Å²) in [5.74, 6) is 0.0561. The lowest BCUT2D eigenvalue weighted by atomic mass is 9.79. The van der Waals surface area contributed by atoms with Crippen molar-refractivity contribution in [3.8, 4) is 0 Å². The van der Waals surface area contributed by atoms with E-state index in [2.05, 4.69) is 88.3 Å². The highest BCUT2D eigenvalue weighted by Crippen LogP contribution is 2.43. The van der Waals surface area contributed by atoms with E-state index >= 15 is 0 Å². The third-order valence-electron chi connectivity index (χ3n) is 7.62. The third kappa shape index (κ3) is 4.87. The zero-order valence-corrected chi connectivity index (χ0v) is 21.8. The maximum atomic E-state index is 10.8. The fourth-order valence-corrected chi connectivity index (χ4v) is 6.35. The first-order chi connectivity index (χ1) is 18.1. The van der Waals surface area contributed by atoms with E-state index in [1.165, 1.54) is 16.0 Å². The first-order valence-electron chi connectivity index (χ1n) is 12.8. The molecule has 0 bridgehead atoms. The number of ether oxygens (including phenoxy) is 1. The lowest BCUT2D eigenvalue weighted by molar-refractivity contribution is -0.0782. The van der Waals surface area contributed by atoms with E-state index in [1.807, 2.05) is 12.1 Å². The second-order valence-corrected chi connectivity index (χ2v) is 11.2. The van der Waals surface area contributed by atoms with Crippen LogP contribution in [0.5, 0.6) is 0 Å². The van der Waals surface area contributed by atoms with Gasteiger partial charge in [0.05, 0.1) is 18.8 Å². The smallest absolute Gasteiger partial charge is 0.288 e. The van der Waals surface area contributed by atoms with Crippen LogP contribution < -0.4 is 20.7 Å². The lowest BCUT2D eigenvalue weighted by Gasteiger charge is -2.47. The number of aryl methyl sites for hydroxylation is 1. The SMILES string of the molecule is Cc1ccc2c(c1)C(NCC1(NCc3ccccc3)COC1)(C1CNSc3ccccc3C1)N=C(O)N2. The molecule has 8 heteroatoms. The van der Waals surface area contributed by atoms with E-state index in [1.54, 1.807) is 11.9 Å². The molecule has 0 saturated carbocycles. The third-order valence-corrected chi connectivity index (χ3v) is 8.55. The Bertz CT molecular complexity index is 1300. The monoisotopic (exact) mass is 515 g/mol. The highest BCUT2D eigenvalue weighted by molar-refractivity contribution is 7.97. The molecule has 192 valence electrons. The van der Waals surface area contributed by atoms with E-state index in [0.29, 0.717) is 19.8 Å². The van der Waals surface area contributed by atoms with Crippen LogP contribution in [-0.4, -0.2) is 43.0 Å². The normalized spacial score (nSPS) is 24.0. The minimum atomic E-state index is -0.821. The van der Waals surface area contributed by atoms with Gasteiger partial charge in [-0.05, 0) is 48.6 Å². The lowest BCUT2D eigenvalue weighted by Crippen LogP contribution is -2.68. The van der Waals surface area contributed by atoms with Gasteiger partial charge in [0.15, 0.2) is 0 Å². The molecule has 37 heavy (non-hydrogen) atoms. The molecule has 0 aliphatic carbocycles. The number of hydrogen-bond acceptors (Lipinski definition) is 7. The molecule has 3 aromatic carbocycles.